The minimum atomic E-state index is -0.0775. The predicted octanol–water partition coefficient (Wildman–Crippen LogP) is 2.93. The third-order valence-electron chi connectivity index (χ3n) is 2.25. The minimum absolute atomic E-state index is 0.0775. The average molecular weight is 313 g/mol. The first kappa shape index (κ1) is 14.4. The molecule has 0 atom stereocenters. The zero-order valence-electron chi connectivity index (χ0n) is 10.6. The standard InChI is InChI=1S/C12H13ClN4O2S/c1-2-19-9-4-7(3-8(13)11(9)18)5-15-17-12-16-10(14)6-20-12/h3-6,18H,2,14H2,1H3,(H,16,17). The zero-order chi connectivity index (χ0) is 14.5. The molecule has 0 bridgehead atoms. The summed E-state index contributed by atoms with van der Waals surface area (Å²) in [6.07, 6.45) is 1.55. The number of thiazole rings is 1. The van der Waals surface area contributed by atoms with Crippen LogP contribution in [0.3, 0.4) is 0 Å². The summed E-state index contributed by atoms with van der Waals surface area (Å²) in [7, 11) is 0. The Hall–Kier alpha value is -1.99. The summed E-state index contributed by atoms with van der Waals surface area (Å²) >= 11 is 7.26. The second-order valence-electron chi connectivity index (χ2n) is 3.73. The lowest BCUT2D eigenvalue weighted by atomic mass is 10.2. The lowest BCUT2D eigenvalue weighted by molar-refractivity contribution is 0.318. The molecule has 0 spiro atoms. The Kier molecular flexibility index (Phi) is 4.65. The Bertz CT molecular complexity index is 630. The van der Waals surface area contributed by atoms with Gasteiger partial charge in [-0.05, 0) is 24.6 Å². The number of nitrogens with zero attached hydrogens (tertiary/aromatic N) is 2. The van der Waals surface area contributed by atoms with Crippen molar-refractivity contribution in [2.24, 2.45) is 5.10 Å². The van der Waals surface area contributed by atoms with Gasteiger partial charge in [0.25, 0.3) is 0 Å². The van der Waals surface area contributed by atoms with Crippen molar-refractivity contribution in [2.75, 3.05) is 17.8 Å². The van der Waals surface area contributed by atoms with Crippen molar-refractivity contribution < 1.29 is 9.84 Å². The quantitative estimate of drug-likeness (QED) is 0.583. The number of hydrogen-bond acceptors (Lipinski definition) is 7. The van der Waals surface area contributed by atoms with Gasteiger partial charge in [-0.1, -0.05) is 11.6 Å². The molecule has 4 N–H and O–H groups in total. The number of halogens is 1. The first-order valence-corrected chi connectivity index (χ1v) is 7.01. The van der Waals surface area contributed by atoms with Gasteiger partial charge in [-0.2, -0.15) is 5.10 Å². The first-order chi connectivity index (χ1) is 9.60. The SMILES string of the molecule is CCOc1cc(C=NNc2nc(N)cs2)cc(Cl)c1O. The van der Waals surface area contributed by atoms with E-state index >= 15 is 0 Å². The molecule has 0 aliphatic carbocycles. The van der Waals surface area contributed by atoms with Crippen LogP contribution in [0.5, 0.6) is 11.5 Å². The van der Waals surface area contributed by atoms with E-state index in [9.17, 15) is 5.11 Å². The fourth-order valence-corrected chi connectivity index (χ4v) is 2.20. The van der Waals surface area contributed by atoms with E-state index in [0.717, 1.165) is 0 Å². The van der Waals surface area contributed by atoms with Crippen LogP contribution in [-0.4, -0.2) is 22.9 Å². The van der Waals surface area contributed by atoms with Gasteiger partial charge in [-0.15, -0.1) is 11.3 Å². The van der Waals surface area contributed by atoms with Crippen molar-refractivity contribution >= 4 is 40.1 Å². The average Bonchev–Trinajstić information content (AvgIpc) is 2.81. The van der Waals surface area contributed by atoms with Crippen LogP contribution in [0.25, 0.3) is 0 Å². The van der Waals surface area contributed by atoms with E-state index in [-0.39, 0.29) is 10.8 Å². The molecule has 6 nitrogen and oxygen atoms in total. The van der Waals surface area contributed by atoms with Gasteiger partial charge in [0.1, 0.15) is 5.82 Å². The van der Waals surface area contributed by atoms with Crippen molar-refractivity contribution in [1.29, 1.82) is 0 Å². The monoisotopic (exact) mass is 312 g/mol. The van der Waals surface area contributed by atoms with Gasteiger partial charge in [0.15, 0.2) is 11.5 Å². The second-order valence-corrected chi connectivity index (χ2v) is 5.00. The number of aromatic nitrogens is 1. The molecule has 1 heterocycles. The second kappa shape index (κ2) is 6.44. The molecule has 1 aromatic heterocycles. The van der Waals surface area contributed by atoms with Crippen LogP contribution in [-0.2, 0) is 0 Å². The number of phenols is 1. The molecular formula is C12H13ClN4O2S. The van der Waals surface area contributed by atoms with Gasteiger partial charge < -0.3 is 15.6 Å². The normalized spacial score (nSPS) is 10.9. The molecule has 0 fully saturated rings. The third kappa shape index (κ3) is 3.52. The van der Waals surface area contributed by atoms with Gasteiger partial charge in [-0.25, -0.2) is 4.98 Å². The van der Waals surface area contributed by atoms with Crippen molar-refractivity contribution in [3.8, 4) is 11.5 Å². The highest BCUT2D eigenvalue weighted by Crippen LogP contribution is 2.34. The number of hydrazone groups is 1. The molecule has 1 aromatic carbocycles. The Morgan fingerprint density at radius 3 is 3.05 bits per heavy atom. The highest BCUT2D eigenvalue weighted by Gasteiger charge is 2.08. The summed E-state index contributed by atoms with van der Waals surface area (Å²) in [6.45, 7) is 2.25. The van der Waals surface area contributed by atoms with Crippen LogP contribution in [0.15, 0.2) is 22.6 Å². The predicted molar refractivity (Wildman–Crippen MR) is 82.0 cm³/mol. The van der Waals surface area contributed by atoms with E-state index in [1.807, 2.05) is 6.92 Å². The van der Waals surface area contributed by atoms with Crippen LogP contribution < -0.4 is 15.9 Å². The fraction of sp³-hybridized carbons (Fsp3) is 0.167. The summed E-state index contributed by atoms with van der Waals surface area (Å²) in [4.78, 5) is 4.00. The molecule has 0 aliphatic heterocycles. The zero-order valence-corrected chi connectivity index (χ0v) is 12.2. The number of nitrogens with one attached hydrogen (secondary N) is 1. The van der Waals surface area contributed by atoms with Crippen LogP contribution in [0.1, 0.15) is 12.5 Å². The maximum Gasteiger partial charge on any atom is 0.205 e. The number of nitrogens with two attached hydrogens (primary N) is 1. The third-order valence-corrected chi connectivity index (χ3v) is 3.30. The molecule has 0 aliphatic rings. The highest BCUT2D eigenvalue weighted by molar-refractivity contribution is 7.14. The number of rotatable bonds is 5. The molecule has 0 radical (unpaired) electrons. The number of nitrogen functional groups attached to an aromatic ring is 1. The van der Waals surface area contributed by atoms with Crippen LogP contribution in [0, 0.1) is 0 Å². The Labute approximate surface area is 124 Å². The topological polar surface area (TPSA) is 92.8 Å². The van der Waals surface area contributed by atoms with Crippen molar-refractivity contribution in [3.05, 3.63) is 28.1 Å². The molecule has 8 heteroatoms. The van der Waals surface area contributed by atoms with Gasteiger partial charge in [0.2, 0.25) is 5.13 Å². The van der Waals surface area contributed by atoms with Crippen molar-refractivity contribution in [3.63, 3.8) is 0 Å². The Morgan fingerprint density at radius 2 is 2.40 bits per heavy atom. The van der Waals surface area contributed by atoms with E-state index in [1.54, 1.807) is 23.7 Å². The summed E-state index contributed by atoms with van der Waals surface area (Å²) in [5.41, 5.74) is 8.93. The van der Waals surface area contributed by atoms with E-state index in [1.165, 1.54) is 11.3 Å². The van der Waals surface area contributed by atoms with Crippen LogP contribution >= 0.6 is 22.9 Å². The Morgan fingerprint density at radius 1 is 1.60 bits per heavy atom. The lowest BCUT2D eigenvalue weighted by Crippen LogP contribution is -1.95. The molecule has 2 rings (SSSR count). The summed E-state index contributed by atoms with van der Waals surface area (Å²) < 4.78 is 5.28. The molecule has 2 aromatic rings. The highest BCUT2D eigenvalue weighted by atomic mass is 35.5. The maximum absolute atomic E-state index is 9.72. The maximum atomic E-state index is 9.72. The number of aromatic hydroxyl groups is 1. The fourth-order valence-electron chi connectivity index (χ4n) is 1.43. The molecule has 0 saturated carbocycles. The summed E-state index contributed by atoms with van der Waals surface area (Å²) in [6, 6.07) is 3.23. The van der Waals surface area contributed by atoms with Gasteiger partial charge >= 0.3 is 0 Å². The molecule has 0 saturated heterocycles. The molecule has 20 heavy (non-hydrogen) atoms. The van der Waals surface area contributed by atoms with Crippen molar-refractivity contribution in [1.82, 2.24) is 4.98 Å². The van der Waals surface area contributed by atoms with Crippen LogP contribution in [0.2, 0.25) is 5.02 Å². The number of benzene rings is 1. The van der Waals surface area contributed by atoms with Gasteiger partial charge in [0, 0.05) is 5.38 Å². The first-order valence-electron chi connectivity index (χ1n) is 5.75. The largest absolute Gasteiger partial charge is 0.503 e. The lowest BCUT2D eigenvalue weighted by Gasteiger charge is -2.08. The van der Waals surface area contributed by atoms with Gasteiger partial charge in [-0.3, -0.25) is 5.43 Å². The summed E-state index contributed by atoms with van der Waals surface area (Å²) in [5.74, 6) is 0.685. The molecule has 0 amide bonds. The van der Waals surface area contributed by atoms with Crippen molar-refractivity contribution in [2.45, 2.75) is 6.92 Å². The van der Waals surface area contributed by atoms with E-state index in [0.29, 0.717) is 28.9 Å². The minimum Gasteiger partial charge on any atom is -0.503 e. The summed E-state index contributed by atoms with van der Waals surface area (Å²) in [5, 5.41) is 16.2. The van der Waals surface area contributed by atoms with Crippen LogP contribution in [0.4, 0.5) is 10.9 Å². The number of ether oxygens (including phenoxy) is 1. The Balaban J connectivity index is 2.12. The molecule has 0 unspecified atom stereocenters. The smallest absolute Gasteiger partial charge is 0.205 e. The van der Waals surface area contributed by atoms with E-state index < -0.39 is 0 Å². The van der Waals surface area contributed by atoms with E-state index in [4.69, 9.17) is 22.1 Å². The van der Waals surface area contributed by atoms with E-state index in [2.05, 4.69) is 15.5 Å². The molecular weight excluding hydrogens is 300 g/mol. The molecule has 106 valence electrons. The number of phenolic OH excluding ortho intramolecular Hbond substituents is 1. The number of hydrogen-bond donors (Lipinski definition) is 3. The van der Waals surface area contributed by atoms with Gasteiger partial charge in [0.05, 0.1) is 17.8 Å². The number of anilines is 2.